The lowest BCUT2D eigenvalue weighted by Gasteiger charge is -2.16. The number of nitrogens with one attached hydrogen (secondary N) is 1. The fourth-order valence-corrected chi connectivity index (χ4v) is 2.85. The molecule has 24 heavy (non-hydrogen) atoms. The summed E-state index contributed by atoms with van der Waals surface area (Å²) in [7, 11) is 2.07. The van der Waals surface area contributed by atoms with Gasteiger partial charge in [-0.3, -0.25) is 4.90 Å². The molecule has 0 amide bonds. The monoisotopic (exact) mass is 336 g/mol. The predicted octanol–water partition coefficient (Wildman–Crippen LogP) is 3.18. The maximum absolute atomic E-state index is 8.75. The zero-order chi connectivity index (χ0) is 16.8. The predicted molar refractivity (Wildman–Crippen MR) is 93.8 cm³/mol. The molecule has 0 fully saturated rings. The van der Waals surface area contributed by atoms with Crippen LogP contribution in [-0.4, -0.2) is 26.9 Å². The van der Waals surface area contributed by atoms with E-state index in [0.717, 1.165) is 24.5 Å². The smallest absolute Gasteiger partial charge is 0.158 e. The van der Waals surface area contributed by atoms with Crippen LogP contribution in [0.15, 0.2) is 47.5 Å². The van der Waals surface area contributed by atoms with E-state index in [9.17, 15) is 0 Å². The first-order valence-corrected chi connectivity index (χ1v) is 8.31. The Hall–Kier alpha value is -2.82. The summed E-state index contributed by atoms with van der Waals surface area (Å²) in [4.78, 5) is 14.7. The molecule has 0 bridgehead atoms. The van der Waals surface area contributed by atoms with Crippen molar-refractivity contribution in [3.05, 3.63) is 64.5 Å². The zero-order valence-electron chi connectivity index (χ0n) is 13.2. The molecule has 1 aromatic carbocycles. The summed E-state index contributed by atoms with van der Waals surface area (Å²) < 4.78 is 0. The molecule has 0 saturated heterocycles. The summed E-state index contributed by atoms with van der Waals surface area (Å²) in [5, 5.41) is 14.0. The Bertz CT molecular complexity index is 823. The van der Waals surface area contributed by atoms with Crippen LogP contribution in [0.3, 0.4) is 0 Å². The molecular formula is C17H16N6S. The van der Waals surface area contributed by atoms with Crippen LogP contribution in [0.4, 0.5) is 11.5 Å². The van der Waals surface area contributed by atoms with Gasteiger partial charge in [-0.1, -0.05) is 12.1 Å². The van der Waals surface area contributed by atoms with Gasteiger partial charge in [-0.25, -0.2) is 15.0 Å². The number of nitriles is 1. The van der Waals surface area contributed by atoms with E-state index < -0.39 is 0 Å². The first-order chi connectivity index (χ1) is 11.7. The van der Waals surface area contributed by atoms with Gasteiger partial charge in [-0.15, -0.1) is 11.3 Å². The van der Waals surface area contributed by atoms with E-state index in [0.29, 0.717) is 11.5 Å². The Kier molecular flexibility index (Phi) is 5.11. The fraction of sp³-hybridized carbons (Fsp3) is 0.176. The molecular weight excluding hydrogens is 320 g/mol. The van der Waals surface area contributed by atoms with Crippen LogP contribution < -0.4 is 5.32 Å². The molecule has 120 valence electrons. The molecule has 2 heterocycles. The maximum atomic E-state index is 8.75. The van der Waals surface area contributed by atoms with Crippen LogP contribution in [-0.2, 0) is 13.1 Å². The minimum atomic E-state index is 0.304. The number of aromatic nitrogens is 3. The highest BCUT2D eigenvalue weighted by atomic mass is 32.1. The van der Waals surface area contributed by atoms with Gasteiger partial charge >= 0.3 is 0 Å². The van der Waals surface area contributed by atoms with E-state index in [4.69, 9.17) is 5.26 Å². The standard InChI is InChI=1S/C17H16N6S/c1-23(10-16-11-24-12-21-16)9-13-3-2-4-14(5-13)22-17-8-19-15(6-18)7-20-17/h2-5,7-8,11-12H,9-10H2,1H3,(H,20,22). The Balaban J connectivity index is 1.63. The van der Waals surface area contributed by atoms with Gasteiger partial charge in [0.25, 0.3) is 0 Å². The number of hydrogen-bond acceptors (Lipinski definition) is 7. The van der Waals surface area contributed by atoms with E-state index in [2.05, 4.69) is 49.7 Å². The van der Waals surface area contributed by atoms with Crippen molar-refractivity contribution >= 4 is 22.8 Å². The first-order valence-electron chi connectivity index (χ1n) is 7.36. The summed E-state index contributed by atoms with van der Waals surface area (Å²) in [6.07, 6.45) is 3.01. The molecule has 7 heteroatoms. The molecule has 0 saturated carbocycles. The molecule has 6 nitrogen and oxygen atoms in total. The molecule has 1 N–H and O–H groups in total. The van der Waals surface area contributed by atoms with Gasteiger partial charge in [0.1, 0.15) is 11.9 Å². The minimum absolute atomic E-state index is 0.304. The van der Waals surface area contributed by atoms with Crippen molar-refractivity contribution in [2.45, 2.75) is 13.1 Å². The number of anilines is 2. The van der Waals surface area contributed by atoms with Crippen LogP contribution in [0, 0.1) is 11.3 Å². The van der Waals surface area contributed by atoms with Crippen LogP contribution in [0.2, 0.25) is 0 Å². The largest absolute Gasteiger partial charge is 0.339 e. The van der Waals surface area contributed by atoms with Crippen molar-refractivity contribution in [2.75, 3.05) is 12.4 Å². The van der Waals surface area contributed by atoms with Gasteiger partial charge in [-0.05, 0) is 24.7 Å². The molecule has 3 rings (SSSR count). The minimum Gasteiger partial charge on any atom is -0.339 e. The van der Waals surface area contributed by atoms with Crippen molar-refractivity contribution in [1.29, 1.82) is 5.26 Å². The molecule has 2 aromatic heterocycles. The molecule has 0 aliphatic rings. The summed E-state index contributed by atoms with van der Waals surface area (Å²) in [5.41, 5.74) is 5.38. The van der Waals surface area contributed by atoms with Crippen molar-refractivity contribution in [3.63, 3.8) is 0 Å². The summed E-state index contributed by atoms with van der Waals surface area (Å²) in [6, 6.07) is 10.1. The third-order valence-corrected chi connectivity index (χ3v) is 3.97. The van der Waals surface area contributed by atoms with Gasteiger partial charge in [0.2, 0.25) is 0 Å². The highest BCUT2D eigenvalue weighted by molar-refractivity contribution is 7.07. The van der Waals surface area contributed by atoms with Crippen LogP contribution in [0.5, 0.6) is 0 Å². The Labute approximate surface area is 144 Å². The second-order valence-electron chi connectivity index (χ2n) is 5.38. The fourth-order valence-electron chi connectivity index (χ4n) is 2.31. The number of benzene rings is 1. The molecule has 3 aromatic rings. The highest BCUT2D eigenvalue weighted by Gasteiger charge is 2.05. The summed E-state index contributed by atoms with van der Waals surface area (Å²) >= 11 is 1.61. The lowest BCUT2D eigenvalue weighted by molar-refractivity contribution is 0.316. The third-order valence-electron chi connectivity index (χ3n) is 3.33. The van der Waals surface area contributed by atoms with Gasteiger partial charge < -0.3 is 5.32 Å². The Morgan fingerprint density at radius 3 is 2.83 bits per heavy atom. The molecule has 0 aliphatic heterocycles. The summed E-state index contributed by atoms with van der Waals surface area (Å²) in [6.45, 7) is 1.65. The van der Waals surface area contributed by atoms with Crippen molar-refractivity contribution in [3.8, 4) is 6.07 Å². The van der Waals surface area contributed by atoms with Crippen LogP contribution >= 0.6 is 11.3 Å². The normalized spacial score (nSPS) is 10.5. The van der Waals surface area contributed by atoms with Crippen molar-refractivity contribution < 1.29 is 0 Å². The van der Waals surface area contributed by atoms with Gasteiger partial charge in [-0.2, -0.15) is 5.26 Å². The average molecular weight is 336 g/mol. The Morgan fingerprint density at radius 1 is 1.21 bits per heavy atom. The van der Waals surface area contributed by atoms with E-state index in [1.165, 1.54) is 11.8 Å². The highest BCUT2D eigenvalue weighted by Crippen LogP contribution is 2.17. The second kappa shape index (κ2) is 7.64. The quantitative estimate of drug-likeness (QED) is 0.745. The summed E-state index contributed by atoms with van der Waals surface area (Å²) in [5.74, 6) is 0.613. The van der Waals surface area contributed by atoms with E-state index in [1.807, 2.05) is 23.7 Å². The molecule has 0 unspecified atom stereocenters. The number of hydrogen-bond donors (Lipinski definition) is 1. The van der Waals surface area contributed by atoms with Crippen molar-refractivity contribution in [1.82, 2.24) is 19.9 Å². The number of thiazole rings is 1. The average Bonchev–Trinajstić information content (AvgIpc) is 3.08. The third kappa shape index (κ3) is 4.35. The van der Waals surface area contributed by atoms with E-state index in [-0.39, 0.29) is 0 Å². The van der Waals surface area contributed by atoms with E-state index >= 15 is 0 Å². The van der Waals surface area contributed by atoms with Crippen LogP contribution in [0.25, 0.3) is 0 Å². The molecule has 0 spiro atoms. The van der Waals surface area contributed by atoms with Gasteiger partial charge in [0.05, 0.1) is 23.6 Å². The number of nitrogens with zero attached hydrogens (tertiary/aromatic N) is 5. The lowest BCUT2D eigenvalue weighted by Crippen LogP contribution is -2.17. The molecule has 0 aliphatic carbocycles. The SMILES string of the molecule is CN(Cc1cccc(Nc2cnc(C#N)cn2)c1)Cc1cscn1. The van der Waals surface area contributed by atoms with Crippen molar-refractivity contribution in [2.24, 2.45) is 0 Å². The van der Waals surface area contributed by atoms with Gasteiger partial charge in [0.15, 0.2) is 5.69 Å². The van der Waals surface area contributed by atoms with E-state index in [1.54, 1.807) is 17.5 Å². The molecule has 0 atom stereocenters. The second-order valence-corrected chi connectivity index (χ2v) is 6.09. The van der Waals surface area contributed by atoms with Crippen LogP contribution in [0.1, 0.15) is 17.0 Å². The van der Waals surface area contributed by atoms with Gasteiger partial charge in [0, 0.05) is 24.2 Å². The maximum Gasteiger partial charge on any atom is 0.158 e. The topological polar surface area (TPSA) is 77.7 Å². The first kappa shape index (κ1) is 16.1. The zero-order valence-corrected chi connectivity index (χ0v) is 14.0. The lowest BCUT2D eigenvalue weighted by atomic mass is 10.2. The Morgan fingerprint density at radius 2 is 2.12 bits per heavy atom. The molecule has 0 radical (unpaired) electrons. The number of rotatable bonds is 6.